The van der Waals surface area contributed by atoms with E-state index < -0.39 is 6.29 Å². The summed E-state index contributed by atoms with van der Waals surface area (Å²) < 4.78 is 10.8. The first-order valence-corrected chi connectivity index (χ1v) is 4.31. The van der Waals surface area contributed by atoms with Crippen molar-refractivity contribution in [2.24, 2.45) is 0 Å². The summed E-state index contributed by atoms with van der Waals surface area (Å²) in [6, 6.07) is 0. The number of aromatic nitrogens is 2. The molecule has 2 N–H and O–H groups in total. The molecule has 1 rings (SSSR count). The fraction of sp³-hybridized carbons (Fsp3) is 0.429. The van der Waals surface area contributed by atoms with Crippen LogP contribution in [0.1, 0.15) is 12.0 Å². The van der Waals surface area contributed by atoms with Crippen LogP contribution in [0, 0.1) is 0 Å². The number of anilines is 1. The molecule has 0 bridgehead atoms. The molecule has 5 nitrogen and oxygen atoms in total. The molecule has 0 saturated carbocycles. The van der Waals surface area contributed by atoms with Gasteiger partial charge in [0, 0.05) is 20.4 Å². The molecule has 0 aliphatic rings. The number of halogens is 1. The van der Waals surface area contributed by atoms with E-state index in [0.717, 1.165) is 0 Å². The van der Waals surface area contributed by atoms with Crippen LogP contribution in [0.15, 0.2) is 10.7 Å². The average molecular weight is 248 g/mol. The highest BCUT2D eigenvalue weighted by Crippen LogP contribution is 2.23. The van der Waals surface area contributed by atoms with Gasteiger partial charge in [-0.15, -0.1) is 0 Å². The molecule has 0 amide bonds. The van der Waals surface area contributed by atoms with Crippen LogP contribution in [0.3, 0.4) is 0 Å². The van der Waals surface area contributed by atoms with Crippen molar-refractivity contribution in [1.82, 2.24) is 9.97 Å². The molecular formula is C7H10BrN3O2. The molecule has 0 aromatic carbocycles. The molecule has 0 radical (unpaired) electrons. The van der Waals surface area contributed by atoms with Crippen molar-refractivity contribution in [1.29, 1.82) is 0 Å². The Morgan fingerprint density at radius 2 is 2.08 bits per heavy atom. The van der Waals surface area contributed by atoms with E-state index in [1.807, 2.05) is 0 Å². The van der Waals surface area contributed by atoms with Gasteiger partial charge in [0.25, 0.3) is 0 Å². The van der Waals surface area contributed by atoms with E-state index in [-0.39, 0.29) is 5.95 Å². The Kier molecular flexibility index (Phi) is 3.58. The van der Waals surface area contributed by atoms with E-state index in [1.54, 1.807) is 6.20 Å². The van der Waals surface area contributed by atoms with Gasteiger partial charge in [-0.1, -0.05) is 0 Å². The third kappa shape index (κ3) is 2.36. The summed E-state index contributed by atoms with van der Waals surface area (Å²) in [4.78, 5) is 7.78. The zero-order chi connectivity index (χ0) is 9.84. The summed E-state index contributed by atoms with van der Waals surface area (Å²) in [6.07, 6.45) is 1.03. The Balaban J connectivity index is 3.03. The molecule has 0 spiro atoms. The molecule has 0 aliphatic carbocycles. The van der Waals surface area contributed by atoms with Crippen molar-refractivity contribution in [3.63, 3.8) is 0 Å². The van der Waals surface area contributed by atoms with Crippen LogP contribution in [0.25, 0.3) is 0 Å². The summed E-state index contributed by atoms with van der Waals surface area (Å²) in [6.45, 7) is 0. The Labute approximate surface area is 84.4 Å². The quantitative estimate of drug-likeness (QED) is 0.811. The molecular weight excluding hydrogens is 238 g/mol. The summed E-state index contributed by atoms with van der Waals surface area (Å²) in [5, 5.41) is 0. The van der Waals surface area contributed by atoms with E-state index in [4.69, 9.17) is 15.2 Å². The van der Waals surface area contributed by atoms with Crippen LogP contribution >= 0.6 is 15.9 Å². The summed E-state index contributed by atoms with van der Waals surface area (Å²) in [7, 11) is 3.05. The lowest BCUT2D eigenvalue weighted by Gasteiger charge is -2.13. The lowest BCUT2D eigenvalue weighted by Crippen LogP contribution is -2.09. The molecule has 1 aromatic heterocycles. The fourth-order valence-electron chi connectivity index (χ4n) is 0.879. The minimum Gasteiger partial charge on any atom is -0.368 e. The molecule has 1 aromatic rings. The number of rotatable bonds is 3. The van der Waals surface area contributed by atoms with Gasteiger partial charge < -0.3 is 15.2 Å². The summed E-state index contributed by atoms with van der Waals surface area (Å²) in [5.41, 5.74) is 6.00. The SMILES string of the molecule is COC(OC)c1nc(N)ncc1Br. The van der Waals surface area contributed by atoms with Gasteiger partial charge in [-0.05, 0) is 15.9 Å². The monoisotopic (exact) mass is 247 g/mol. The molecule has 13 heavy (non-hydrogen) atoms. The molecule has 0 atom stereocenters. The Hall–Kier alpha value is -0.720. The van der Waals surface area contributed by atoms with Crippen molar-refractivity contribution in [2.75, 3.05) is 20.0 Å². The molecule has 1 heterocycles. The van der Waals surface area contributed by atoms with Crippen molar-refractivity contribution < 1.29 is 9.47 Å². The smallest absolute Gasteiger partial charge is 0.220 e. The maximum Gasteiger partial charge on any atom is 0.220 e. The number of methoxy groups -OCH3 is 2. The van der Waals surface area contributed by atoms with Crippen molar-refractivity contribution >= 4 is 21.9 Å². The zero-order valence-corrected chi connectivity index (χ0v) is 8.91. The second-order valence-electron chi connectivity index (χ2n) is 2.26. The first-order valence-electron chi connectivity index (χ1n) is 3.52. The van der Waals surface area contributed by atoms with Gasteiger partial charge in [-0.3, -0.25) is 0 Å². The van der Waals surface area contributed by atoms with Gasteiger partial charge in [0.05, 0.1) is 4.47 Å². The third-order valence-electron chi connectivity index (χ3n) is 1.44. The summed E-state index contributed by atoms with van der Waals surface area (Å²) >= 11 is 3.27. The topological polar surface area (TPSA) is 70.3 Å². The van der Waals surface area contributed by atoms with Gasteiger partial charge in [-0.25, -0.2) is 9.97 Å². The van der Waals surface area contributed by atoms with Crippen molar-refractivity contribution in [2.45, 2.75) is 6.29 Å². The normalized spacial score (nSPS) is 10.8. The largest absolute Gasteiger partial charge is 0.368 e. The Bertz CT molecular complexity index is 291. The van der Waals surface area contributed by atoms with E-state index in [2.05, 4.69) is 25.9 Å². The molecule has 0 unspecified atom stereocenters. The van der Waals surface area contributed by atoms with Crippen LogP contribution in [-0.2, 0) is 9.47 Å². The van der Waals surface area contributed by atoms with Gasteiger partial charge in [0.15, 0.2) is 0 Å². The minimum absolute atomic E-state index is 0.192. The molecule has 0 fully saturated rings. The highest BCUT2D eigenvalue weighted by atomic mass is 79.9. The number of hydrogen-bond donors (Lipinski definition) is 1. The van der Waals surface area contributed by atoms with Gasteiger partial charge in [-0.2, -0.15) is 0 Å². The summed E-state index contributed by atoms with van der Waals surface area (Å²) in [5.74, 6) is 0.192. The Morgan fingerprint density at radius 1 is 1.46 bits per heavy atom. The first-order chi connectivity index (χ1) is 6.19. The van der Waals surface area contributed by atoms with Crippen LogP contribution in [0.4, 0.5) is 5.95 Å². The predicted octanol–water partition coefficient (Wildman–Crippen LogP) is 1.11. The van der Waals surface area contributed by atoms with Gasteiger partial charge in [0.2, 0.25) is 12.2 Å². The number of nitrogens with two attached hydrogens (primary N) is 1. The number of hydrogen-bond acceptors (Lipinski definition) is 5. The fourth-order valence-corrected chi connectivity index (χ4v) is 1.26. The maximum atomic E-state index is 5.42. The maximum absolute atomic E-state index is 5.42. The molecule has 0 aliphatic heterocycles. The van der Waals surface area contributed by atoms with Gasteiger partial charge >= 0.3 is 0 Å². The standard InChI is InChI=1S/C7H10BrN3O2/c1-12-6(13-2)5-4(8)3-10-7(9)11-5/h3,6H,1-2H3,(H2,9,10,11). The zero-order valence-electron chi connectivity index (χ0n) is 7.32. The highest BCUT2D eigenvalue weighted by molar-refractivity contribution is 9.10. The average Bonchev–Trinajstić information content (AvgIpc) is 2.13. The Morgan fingerprint density at radius 3 is 2.62 bits per heavy atom. The van der Waals surface area contributed by atoms with Crippen LogP contribution in [0.2, 0.25) is 0 Å². The minimum atomic E-state index is -0.528. The lowest BCUT2D eigenvalue weighted by molar-refractivity contribution is -0.109. The van der Waals surface area contributed by atoms with Crippen LogP contribution in [-0.4, -0.2) is 24.2 Å². The van der Waals surface area contributed by atoms with Crippen LogP contribution < -0.4 is 5.73 Å². The predicted molar refractivity (Wildman–Crippen MR) is 50.9 cm³/mol. The third-order valence-corrected chi connectivity index (χ3v) is 2.05. The number of nitrogens with zero attached hydrogens (tertiary/aromatic N) is 2. The second kappa shape index (κ2) is 4.50. The lowest BCUT2D eigenvalue weighted by atomic mass is 10.4. The molecule has 0 saturated heterocycles. The molecule has 6 heteroatoms. The number of ether oxygens (including phenoxy) is 2. The van der Waals surface area contributed by atoms with Crippen molar-refractivity contribution in [3.05, 3.63) is 16.4 Å². The van der Waals surface area contributed by atoms with Crippen LogP contribution in [0.5, 0.6) is 0 Å². The van der Waals surface area contributed by atoms with E-state index >= 15 is 0 Å². The van der Waals surface area contributed by atoms with E-state index in [0.29, 0.717) is 10.2 Å². The first kappa shape index (κ1) is 10.4. The van der Waals surface area contributed by atoms with E-state index in [9.17, 15) is 0 Å². The molecule has 72 valence electrons. The van der Waals surface area contributed by atoms with Gasteiger partial charge in [0.1, 0.15) is 5.69 Å². The van der Waals surface area contributed by atoms with Crippen molar-refractivity contribution in [3.8, 4) is 0 Å². The van der Waals surface area contributed by atoms with E-state index in [1.165, 1.54) is 14.2 Å². The number of nitrogen functional groups attached to an aromatic ring is 1. The second-order valence-corrected chi connectivity index (χ2v) is 3.12. The highest BCUT2D eigenvalue weighted by Gasteiger charge is 2.15.